The van der Waals surface area contributed by atoms with E-state index in [0.29, 0.717) is 0 Å². The Kier molecular flexibility index (Phi) is 40.2. The smallest absolute Gasteiger partial charge is 0.790 e. The third-order valence-corrected chi connectivity index (χ3v) is 14.4. The Bertz CT molecular complexity index is 1370. The zero-order chi connectivity index (χ0) is 43.7. The Hall–Kier alpha value is 2.72. The van der Waals surface area contributed by atoms with Crippen LogP contribution in [0, 0.1) is 0 Å². The zero-order valence-corrected chi connectivity index (χ0v) is 39.9. The van der Waals surface area contributed by atoms with Crippen LogP contribution in [-0.2, 0) is 89.3 Å². The van der Waals surface area contributed by atoms with Gasteiger partial charge in [-0.15, -0.1) is 0 Å². The van der Waals surface area contributed by atoms with Gasteiger partial charge in [-0.1, -0.05) is 0 Å². The molecule has 0 bridgehead atoms. The molecule has 0 heterocycles. The molecule has 57 heteroatoms. The maximum absolute atomic E-state index is 10.1. The number of hydrogen-bond donors (Lipinski definition) is 0. The van der Waals surface area contributed by atoms with E-state index in [0.717, 1.165) is 0 Å². The quantitative estimate of drug-likeness (QED) is 0.102. The first-order valence-electron chi connectivity index (χ1n) is 8.76. The molecule has 40 nitrogen and oxygen atoms in total. The summed E-state index contributed by atoms with van der Waals surface area (Å²) in [6.07, 6.45) is 0. The number of phosphoric acid groups is 12. The fraction of sp³-hybridized carbons (Fsp3) is 0. The van der Waals surface area contributed by atoms with Crippen molar-refractivity contribution in [3.63, 3.8) is 0 Å². The van der Waals surface area contributed by atoms with E-state index >= 15 is 0 Å². The van der Waals surface area contributed by atoms with Gasteiger partial charge in [-0.3, -0.25) is 52.7 Å². The molecule has 0 radical (unpaired) electrons. The molecule has 0 unspecified atom stereocenters. The third-order valence-electron chi connectivity index (χ3n) is 1.60. The van der Waals surface area contributed by atoms with E-state index < -0.39 is 93.9 Å². The van der Waals surface area contributed by atoms with Crippen LogP contribution in [0.4, 0.5) is 0 Å². The van der Waals surface area contributed by atoms with Crippen molar-refractivity contribution < 1.29 is 187 Å². The second-order valence-corrected chi connectivity index (χ2v) is 22.0. The van der Waals surface area contributed by atoms with Crippen molar-refractivity contribution in [1.29, 1.82) is 0 Å². The molecule has 0 atom stereocenters. The summed E-state index contributed by atoms with van der Waals surface area (Å²) in [5, 5.41) is 0. The van der Waals surface area contributed by atoms with Gasteiger partial charge in [0.2, 0.25) is 0 Å². The number of rotatable bonds is 16. The van der Waals surface area contributed by atoms with E-state index in [1.807, 2.05) is 0 Å². The first-order valence-corrected chi connectivity index (χ1v) is 26.3. The van der Waals surface area contributed by atoms with Crippen molar-refractivity contribution in [2.75, 3.05) is 0 Å². The zero-order valence-electron chi connectivity index (χ0n) is 24.2. The van der Waals surface area contributed by atoms with E-state index in [-0.39, 0.29) is 54.8 Å². The third kappa shape index (κ3) is 73.4. The van der Waals surface area contributed by atoms with Crippen molar-refractivity contribution in [2.24, 2.45) is 0 Å². The molecule has 320 valence electrons. The van der Waals surface area contributed by atoms with E-state index in [4.69, 9.17) is 0 Å². The Morgan fingerprint density at radius 1 is 0.175 bits per heavy atom. The van der Waals surface area contributed by atoms with Crippen molar-refractivity contribution in [1.82, 2.24) is 0 Å². The summed E-state index contributed by atoms with van der Waals surface area (Å²) in [6, 6.07) is 0. The van der Waals surface area contributed by atoms with Crippen LogP contribution in [0.5, 0.6) is 0 Å². The molecule has 0 amide bonds. The molecule has 0 aliphatic rings. The normalized spacial score (nSPS) is 13.3. The molecule has 0 aromatic rings. The molecule has 0 aromatic heterocycles. The fourth-order valence-electron chi connectivity index (χ4n) is 1.04. The molecule has 0 aliphatic carbocycles. The molecule has 0 fully saturated rings. The van der Waals surface area contributed by atoms with Gasteiger partial charge in [0.15, 0.2) is 0 Å². The van der Waals surface area contributed by atoms with Gasteiger partial charge < -0.3 is 134 Å². The molecular formula is O40P12Si5. The Morgan fingerprint density at radius 3 is 0.263 bits per heavy atom. The molecule has 0 aromatic carbocycles. The summed E-state index contributed by atoms with van der Waals surface area (Å²) in [5.41, 5.74) is 0. The average molecular weight is 1150 g/mol. The van der Waals surface area contributed by atoms with Gasteiger partial charge in [-0.05, 0) is 0 Å². The van der Waals surface area contributed by atoms with Crippen molar-refractivity contribution >= 4 is 149 Å². The summed E-state index contributed by atoms with van der Waals surface area (Å²) < 4.78 is 139. The fourth-order valence-corrected chi connectivity index (χ4v) is 10.4. The maximum atomic E-state index is 10.1. The minimum Gasteiger partial charge on any atom is -0.790 e. The van der Waals surface area contributed by atoms with Gasteiger partial charge in [-0.2, -0.15) is 0 Å². The number of hydrogen-bond acceptors (Lipinski definition) is 40. The van der Waals surface area contributed by atoms with Crippen LogP contribution in [0.1, 0.15) is 0 Å². The van der Waals surface area contributed by atoms with Crippen molar-refractivity contribution in [3.8, 4) is 0 Å². The van der Waals surface area contributed by atoms with Crippen LogP contribution in [0.25, 0.3) is 0 Å². The second kappa shape index (κ2) is 28.6. The van der Waals surface area contributed by atoms with Gasteiger partial charge >= 0.3 is 54.8 Å². The molecule has 0 N–H and O–H groups in total. The van der Waals surface area contributed by atoms with Crippen LogP contribution in [-0.4, -0.2) is 54.8 Å². The Morgan fingerprint density at radius 2 is 0.228 bits per heavy atom. The van der Waals surface area contributed by atoms with Gasteiger partial charge in [0.05, 0.1) is 62.6 Å². The summed E-state index contributed by atoms with van der Waals surface area (Å²) in [6.45, 7) is 0. The molecule has 0 spiro atoms. The Labute approximate surface area is 335 Å². The first-order chi connectivity index (χ1) is 21.7. The summed E-state index contributed by atoms with van der Waals surface area (Å²) in [4.78, 5) is 195. The predicted molar refractivity (Wildman–Crippen MR) is 129 cm³/mol. The molecular weight excluding hydrogens is 1150 g/mol. The van der Waals surface area contributed by atoms with E-state index in [2.05, 4.69) is 34.5 Å². The largest absolute Gasteiger partial charge is 4.00 e. The molecule has 0 rings (SSSR count). The first kappa shape index (κ1) is 80.0. The summed E-state index contributed by atoms with van der Waals surface area (Å²) in [7, 11) is -71.6. The second-order valence-electron chi connectivity index (χ2n) is 6.02. The predicted octanol–water partition coefficient (Wildman–Crippen LogP) is -17.3. The van der Waals surface area contributed by atoms with Gasteiger partial charge in [0.25, 0.3) is 31.3 Å². The van der Waals surface area contributed by atoms with Gasteiger partial charge in [0, 0.05) is 0 Å². The summed E-state index contributed by atoms with van der Waals surface area (Å²) in [5.74, 6) is 0. The summed E-state index contributed by atoms with van der Waals surface area (Å²) >= 11 is 0. The van der Waals surface area contributed by atoms with E-state index in [9.17, 15) is 153 Å². The monoisotopic (exact) mass is 1150 g/mol. The van der Waals surface area contributed by atoms with Crippen LogP contribution in [0.3, 0.4) is 0 Å². The average Bonchev–Trinajstić information content (AvgIpc) is 2.51. The molecule has 0 aliphatic heterocycles. The van der Waals surface area contributed by atoms with Crippen LogP contribution >= 0.6 is 93.9 Å². The van der Waals surface area contributed by atoms with Crippen molar-refractivity contribution in [2.45, 2.75) is 0 Å². The molecule has 0 saturated carbocycles. The standard InChI is InChI=1S/4H5O10P3.5Si/c4*1-11(2,3)9-13(7,8)10-12(4,5)6;;;;;/h4*(H,7,8)(H2,1,2,3)(H2,4,5,6);;;;;/q;;;;5*+4/p-20. The van der Waals surface area contributed by atoms with Gasteiger partial charge in [0.1, 0.15) is 0 Å². The molecule has 0 saturated heterocycles. The topological polar surface area (TPSA) is 740 Å². The van der Waals surface area contributed by atoms with E-state index in [1.165, 1.54) is 0 Å². The van der Waals surface area contributed by atoms with Crippen molar-refractivity contribution in [3.05, 3.63) is 0 Å². The van der Waals surface area contributed by atoms with Crippen LogP contribution < -0.4 is 97.9 Å². The van der Waals surface area contributed by atoms with E-state index in [1.54, 1.807) is 0 Å². The maximum Gasteiger partial charge on any atom is 4.00 e. The SMILES string of the molecule is O=P([O-])([O-])OP(=O)([O-])OP(=O)([O-])[O-].O=P([O-])([O-])OP(=O)([O-])OP(=O)([O-])[O-].O=P([O-])([O-])OP(=O)([O-])OP(=O)([O-])[O-].O=P([O-])([O-])OP(=O)([O-])OP(=O)([O-])[O-].[Si+4].[Si+4].[Si+4].[Si+4].[Si+4]. The van der Waals surface area contributed by atoms with Crippen LogP contribution in [0.2, 0.25) is 0 Å². The minimum atomic E-state index is -5.97. The molecule has 57 heavy (non-hydrogen) atoms. The van der Waals surface area contributed by atoms with Crippen LogP contribution in [0.15, 0.2) is 0 Å². The Balaban J connectivity index is -0.0000000748. The minimum absolute atomic E-state index is 0. The van der Waals surface area contributed by atoms with Gasteiger partial charge in [-0.25, -0.2) is 0 Å².